The van der Waals surface area contributed by atoms with Crippen molar-refractivity contribution in [2.24, 2.45) is 0 Å². The van der Waals surface area contributed by atoms with Crippen LogP contribution in [0.5, 0.6) is 0 Å². The Balaban J connectivity index is 2.69. The second kappa shape index (κ2) is 7.63. The van der Waals surface area contributed by atoms with Crippen molar-refractivity contribution in [3.05, 3.63) is 23.8 Å². The molecule has 19 heavy (non-hydrogen) atoms. The van der Waals surface area contributed by atoms with Gasteiger partial charge in [0.1, 0.15) is 0 Å². The molecule has 0 heterocycles. The van der Waals surface area contributed by atoms with Gasteiger partial charge >= 0.3 is 0 Å². The van der Waals surface area contributed by atoms with Crippen molar-refractivity contribution in [3.63, 3.8) is 0 Å². The number of ether oxygens (including phenoxy) is 1. The first kappa shape index (κ1) is 15.3. The van der Waals surface area contributed by atoms with Crippen LogP contribution in [0.2, 0.25) is 0 Å². The van der Waals surface area contributed by atoms with E-state index in [0.29, 0.717) is 17.9 Å². The van der Waals surface area contributed by atoms with Crippen LogP contribution >= 0.6 is 0 Å². The number of nitrogen functional groups attached to an aromatic ring is 1. The van der Waals surface area contributed by atoms with Crippen molar-refractivity contribution in [1.82, 2.24) is 4.90 Å². The van der Waals surface area contributed by atoms with Crippen molar-refractivity contribution in [3.8, 4) is 0 Å². The summed E-state index contributed by atoms with van der Waals surface area (Å²) in [4.78, 5) is 13.6. The lowest BCUT2D eigenvalue weighted by Crippen LogP contribution is -2.23. The van der Waals surface area contributed by atoms with Crippen LogP contribution in [0.3, 0.4) is 0 Å². The van der Waals surface area contributed by atoms with Gasteiger partial charge in [0.25, 0.3) is 5.91 Å². The summed E-state index contributed by atoms with van der Waals surface area (Å²) < 4.78 is 5.27. The van der Waals surface area contributed by atoms with Crippen LogP contribution in [0.1, 0.15) is 23.7 Å². The van der Waals surface area contributed by atoms with E-state index in [1.807, 2.05) is 6.92 Å². The molecular formula is C14H23N3O2. The first-order valence-electron chi connectivity index (χ1n) is 6.49. The number of rotatable bonds is 7. The fourth-order valence-corrected chi connectivity index (χ4v) is 1.68. The van der Waals surface area contributed by atoms with E-state index in [2.05, 4.69) is 5.32 Å². The largest absolute Gasteiger partial charge is 0.399 e. The van der Waals surface area contributed by atoms with Crippen molar-refractivity contribution in [2.45, 2.75) is 13.3 Å². The molecule has 0 aliphatic rings. The van der Waals surface area contributed by atoms with Crippen LogP contribution in [-0.2, 0) is 4.74 Å². The van der Waals surface area contributed by atoms with Crippen LogP contribution in [0.25, 0.3) is 0 Å². The van der Waals surface area contributed by atoms with Gasteiger partial charge in [-0.15, -0.1) is 0 Å². The van der Waals surface area contributed by atoms with Crippen molar-refractivity contribution in [2.75, 3.05) is 44.9 Å². The molecule has 0 spiro atoms. The van der Waals surface area contributed by atoms with Gasteiger partial charge in [-0.1, -0.05) is 0 Å². The van der Waals surface area contributed by atoms with Crippen molar-refractivity contribution < 1.29 is 9.53 Å². The summed E-state index contributed by atoms with van der Waals surface area (Å²) in [5.41, 5.74) is 7.82. The van der Waals surface area contributed by atoms with Gasteiger partial charge < -0.3 is 20.7 Å². The summed E-state index contributed by atoms with van der Waals surface area (Å²) in [6.45, 7) is 4.15. The number of carbonyl (C=O) groups excluding carboxylic acids is 1. The van der Waals surface area contributed by atoms with Crippen molar-refractivity contribution >= 4 is 17.3 Å². The highest BCUT2D eigenvalue weighted by Crippen LogP contribution is 2.20. The minimum Gasteiger partial charge on any atom is -0.399 e. The zero-order chi connectivity index (χ0) is 14.3. The van der Waals surface area contributed by atoms with E-state index in [9.17, 15) is 4.79 Å². The zero-order valence-corrected chi connectivity index (χ0v) is 11.9. The smallest absolute Gasteiger partial charge is 0.255 e. The van der Waals surface area contributed by atoms with E-state index in [1.54, 1.807) is 37.2 Å². The number of hydrogen-bond acceptors (Lipinski definition) is 4. The van der Waals surface area contributed by atoms with Crippen LogP contribution in [0.15, 0.2) is 18.2 Å². The third kappa shape index (κ3) is 4.79. The molecule has 0 radical (unpaired) electrons. The Bertz CT molecular complexity index is 419. The number of nitrogens with one attached hydrogen (secondary N) is 1. The van der Waals surface area contributed by atoms with Gasteiger partial charge in [-0.05, 0) is 31.5 Å². The average molecular weight is 265 g/mol. The Morgan fingerprint density at radius 2 is 2.16 bits per heavy atom. The average Bonchev–Trinajstić information content (AvgIpc) is 2.38. The van der Waals surface area contributed by atoms with Crippen LogP contribution in [0.4, 0.5) is 11.4 Å². The van der Waals surface area contributed by atoms with Gasteiger partial charge in [-0.25, -0.2) is 0 Å². The quantitative estimate of drug-likeness (QED) is 0.583. The standard InChI is InChI=1S/C14H23N3O2/c1-4-19-9-5-8-16-13-10-11(15)6-7-12(13)14(18)17(2)3/h6-7,10,16H,4-5,8-9,15H2,1-3H3. The van der Waals surface area contributed by atoms with Crippen LogP contribution in [-0.4, -0.2) is 44.7 Å². The molecule has 106 valence electrons. The lowest BCUT2D eigenvalue weighted by atomic mass is 10.1. The highest BCUT2D eigenvalue weighted by atomic mass is 16.5. The molecule has 0 unspecified atom stereocenters. The molecule has 0 fully saturated rings. The van der Waals surface area contributed by atoms with Gasteiger partial charge in [0, 0.05) is 45.2 Å². The highest BCUT2D eigenvalue weighted by molar-refractivity contribution is 5.99. The molecule has 5 nitrogen and oxygen atoms in total. The minimum absolute atomic E-state index is 0.0349. The number of hydrogen-bond donors (Lipinski definition) is 2. The maximum atomic E-state index is 12.0. The number of benzene rings is 1. The SMILES string of the molecule is CCOCCCNc1cc(N)ccc1C(=O)N(C)C. The summed E-state index contributed by atoms with van der Waals surface area (Å²) >= 11 is 0. The topological polar surface area (TPSA) is 67.6 Å². The molecule has 0 aromatic heterocycles. The Morgan fingerprint density at radius 3 is 2.79 bits per heavy atom. The van der Waals surface area contributed by atoms with Gasteiger partial charge in [0.15, 0.2) is 0 Å². The number of carbonyl (C=O) groups is 1. The summed E-state index contributed by atoms with van der Waals surface area (Å²) in [5, 5.41) is 3.24. The third-order valence-corrected chi connectivity index (χ3v) is 2.67. The van der Waals surface area contributed by atoms with E-state index in [4.69, 9.17) is 10.5 Å². The Labute approximate surface area is 114 Å². The summed E-state index contributed by atoms with van der Waals surface area (Å²) in [6, 6.07) is 5.28. The van der Waals surface area contributed by atoms with Gasteiger partial charge in [-0.2, -0.15) is 0 Å². The third-order valence-electron chi connectivity index (χ3n) is 2.67. The molecule has 1 aromatic rings. The first-order chi connectivity index (χ1) is 9.06. The highest BCUT2D eigenvalue weighted by Gasteiger charge is 2.13. The van der Waals surface area contributed by atoms with Gasteiger partial charge in [0.2, 0.25) is 0 Å². The van der Waals surface area contributed by atoms with E-state index >= 15 is 0 Å². The van der Waals surface area contributed by atoms with Crippen LogP contribution in [0, 0.1) is 0 Å². The van der Waals surface area contributed by atoms with Gasteiger partial charge in [-0.3, -0.25) is 4.79 Å². The van der Waals surface area contributed by atoms with Crippen molar-refractivity contribution in [1.29, 1.82) is 0 Å². The van der Waals surface area contributed by atoms with E-state index < -0.39 is 0 Å². The molecule has 1 rings (SSSR count). The van der Waals surface area contributed by atoms with E-state index in [-0.39, 0.29) is 5.91 Å². The molecule has 1 aromatic carbocycles. The molecule has 0 saturated heterocycles. The lowest BCUT2D eigenvalue weighted by Gasteiger charge is -2.16. The minimum atomic E-state index is -0.0349. The Hall–Kier alpha value is -1.75. The first-order valence-corrected chi connectivity index (χ1v) is 6.49. The molecule has 1 amide bonds. The maximum Gasteiger partial charge on any atom is 0.255 e. The van der Waals surface area contributed by atoms with Crippen LogP contribution < -0.4 is 11.1 Å². The fraction of sp³-hybridized carbons (Fsp3) is 0.500. The molecule has 5 heteroatoms. The zero-order valence-electron chi connectivity index (χ0n) is 11.9. The van der Waals surface area contributed by atoms with E-state index in [1.165, 1.54) is 0 Å². The maximum absolute atomic E-state index is 12.0. The molecule has 3 N–H and O–H groups in total. The number of amides is 1. The predicted octanol–water partition coefficient (Wildman–Crippen LogP) is 1.81. The van der Waals surface area contributed by atoms with E-state index in [0.717, 1.165) is 25.3 Å². The molecule has 0 saturated carbocycles. The monoisotopic (exact) mass is 265 g/mol. The molecule has 0 atom stereocenters. The second-order valence-electron chi connectivity index (χ2n) is 4.48. The molecule has 0 aliphatic heterocycles. The Kier molecular flexibility index (Phi) is 6.15. The summed E-state index contributed by atoms with van der Waals surface area (Å²) in [6.07, 6.45) is 0.887. The Morgan fingerprint density at radius 1 is 1.42 bits per heavy atom. The molecular weight excluding hydrogens is 242 g/mol. The van der Waals surface area contributed by atoms with Gasteiger partial charge in [0.05, 0.1) is 5.56 Å². The molecule has 0 aliphatic carbocycles. The summed E-state index contributed by atoms with van der Waals surface area (Å²) in [7, 11) is 3.47. The number of nitrogens with zero attached hydrogens (tertiary/aromatic N) is 1. The second-order valence-corrected chi connectivity index (χ2v) is 4.48. The number of anilines is 2. The fourth-order valence-electron chi connectivity index (χ4n) is 1.68. The molecule has 0 bridgehead atoms. The lowest BCUT2D eigenvalue weighted by molar-refractivity contribution is 0.0828. The summed E-state index contributed by atoms with van der Waals surface area (Å²) in [5.74, 6) is -0.0349. The number of nitrogens with two attached hydrogens (primary N) is 1. The predicted molar refractivity (Wildman–Crippen MR) is 78.5 cm³/mol. The normalized spacial score (nSPS) is 10.3.